The average molecular weight is 348 g/mol. The summed E-state index contributed by atoms with van der Waals surface area (Å²) in [6.07, 6.45) is 1.51. The first-order valence-corrected chi connectivity index (χ1v) is 7.53. The third-order valence-corrected chi connectivity index (χ3v) is 3.35. The zero-order chi connectivity index (χ0) is 17.4. The lowest BCUT2D eigenvalue weighted by atomic mass is 10.2. The van der Waals surface area contributed by atoms with E-state index in [4.69, 9.17) is 21.1 Å². The number of anilines is 1. The molecule has 0 heterocycles. The molecule has 0 aromatic heterocycles. The zero-order valence-electron chi connectivity index (χ0n) is 13.4. The Morgan fingerprint density at radius 3 is 2.75 bits per heavy atom. The zero-order valence-corrected chi connectivity index (χ0v) is 14.1. The Morgan fingerprint density at radius 1 is 1.21 bits per heavy atom. The van der Waals surface area contributed by atoms with E-state index < -0.39 is 0 Å². The number of halogens is 1. The normalized spacial score (nSPS) is 10.5. The molecule has 126 valence electrons. The van der Waals surface area contributed by atoms with Gasteiger partial charge in [-0.3, -0.25) is 4.79 Å². The third-order valence-electron chi connectivity index (χ3n) is 3.11. The summed E-state index contributed by atoms with van der Waals surface area (Å²) < 4.78 is 10.4. The van der Waals surface area contributed by atoms with Crippen molar-refractivity contribution in [1.82, 2.24) is 5.43 Å². The highest BCUT2D eigenvalue weighted by molar-refractivity contribution is 6.30. The van der Waals surface area contributed by atoms with Crippen molar-refractivity contribution in [3.63, 3.8) is 0 Å². The van der Waals surface area contributed by atoms with Crippen LogP contribution in [0, 0.1) is 0 Å². The van der Waals surface area contributed by atoms with Gasteiger partial charge in [-0.1, -0.05) is 17.7 Å². The van der Waals surface area contributed by atoms with Crippen molar-refractivity contribution in [1.29, 1.82) is 0 Å². The molecule has 0 atom stereocenters. The summed E-state index contributed by atoms with van der Waals surface area (Å²) in [4.78, 5) is 11.8. The number of nitrogens with zero attached hydrogens (tertiary/aromatic N) is 1. The largest absolute Gasteiger partial charge is 0.497 e. The number of hydrazone groups is 1. The first kappa shape index (κ1) is 17.6. The maximum Gasteiger partial charge on any atom is 0.259 e. The molecule has 0 aliphatic heterocycles. The maximum atomic E-state index is 11.8. The van der Waals surface area contributed by atoms with Gasteiger partial charge in [-0.25, -0.2) is 5.43 Å². The number of nitrogens with one attached hydrogen (secondary N) is 2. The molecule has 0 spiro atoms. The summed E-state index contributed by atoms with van der Waals surface area (Å²) in [6, 6.07) is 12.4. The molecule has 2 aromatic rings. The molecule has 2 aromatic carbocycles. The van der Waals surface area contributed by atoms with Crippen molar-refractivity contribution >= 4 is 29.4 Å². The van der Waals surface area contributed by atoms with Gasteiger partial charge in [-0.05, 0) is 30.3 Å². The molecule has 0 fully saturated rings. The van der Waals surface area contributed by atoms with E-state index in [1.165, 1.54) is 6.21 Å². The van der Waals surface area contributed by atoms with Crippen LogP contribution >= 0.6 is 11.6 Å². The SMILES string of the molecule is COc1ccc(/C=N\NC(=O)CNc2cccc(Cl)c2)c(OC)c1. The van der Waals surface area contributed by atoms with E-state index in [1.807, 2.05) is 6.07 Å². The molecule has 0 aliphatic rings. The van der Waals surface area contributed by atoms with Gasteiger partial charge in [-0.2, -0.15) is 5.10 Å². The van der Waals surface area contributed by atoms with Crippen LogP contribution in [-0.2, 0) is 4.79 Å². The summed E-state index contributed by atoms with van der Waals surface area (Å²) in [7, 11) is 3.13. The van der Waals surface area contributed by atoms with Crippen LogP contribution in [-0.4, -0.2) is 32.9 Å². The number of amides is 1. The number of carbonyl (C=O) groups excluding carboxylic acids is 1. The molecule has 0 saturated heterocycles. The molecule has 0 bridgehead atoms. The summed E-state index contributed by atoms with van der Waals surface area (Å²) in [5.74, 6) is 1.00. The molecule has 7 heteroatoms. The smallest absolute Gasteiger partial charge is 0.259 e. The number of ether oxygens (including phenoxy) is 2. The Bertz CT molecular complexity index is 735. The molecule has 0 saturated carbocycles. The second-order valence-electron chi connectivity index (χ2n) is 4.76. The summed E-state index contributed by atoms with van der Waals surface area (Å²) in [5, 5.41) is 7.49. The molecule has 2 rings (SSSR count). The van der Waals surface area contributed by atoms with Gasteiger partial charge in [0.25, 0.3) is 5.91 Å². The highest BCUT2D eigenvalue weighted by Crippen LogP contribution is 2.22. The minimum Gasteiger partial charge on any atom is -0.497 e. The van der Waals surface area contributed by atoms with E-state index >= 15 is 0 Å². The van der Waals surface area contributed by atoms with Crippen molar-refractivity contribution < 1.29 is 14.3 Å². The van der Waals surface area contributed by atoms with Gasteiger partial charge in [-0.15, -0.1) is 0 Å². The lowest BCUT2D eigenvalue weighted by molar-refractivity contribution is -0.119. The fourth-order valence-corrected chi connectivity index (χ4v) is 2.11. The van der Waals surface area contributed by atoms with E-state index in [1.54, 1.807) is 50.6 Å². The van der Waals surface area contributed by atoms with Gasteiger partial charge >= 0.3 is 0 Å². The van der Waals surface area contributed by atoms with E-state index in [2.05, 4.69) is 15.8 Å². The first-order chi connectivity index (χ1) is 11.6. The van der Waals surface area contributed by atoms with Gasteiger partial charge < -0.3 is 14.8 Å². The van der Waals surface area contributed by atoms with Crippen molar-refractivity contribution in [3.8, 4) is 11.5 Å². The maximum absolute atomic E-state index is 11.8. The van der Waals surface area contributed by atoms with Crippen LogP contribution < -0.4 is 20.2 Å². The van der Waals surface area contributed by atoms with E-state index in [-0.39, 0.29) is 12.5 Å². The first-order valence-electron chi connectivity index (χ1n) is 7.15. The number of carbonyl (C=O) groups is 1. The number of rotatable bonds is 7. The van der Waals surface area contributed by atoms with E-state index in [9.17, 15) is 4.79 Å². The van der Waals surface area contributed by atoms with Crippen LogP contribution in [0.5, 0.6) is 11.5 Å². The lowest BCUT2D eigenvalue weighted by Crippen LogP contribution is -2.25. The standard InChI is InChI=1S/C17H18ClN3O3/c1-23-15-7-6-12(16(9-15)24-2)10-20-21-17(22)11-19-14-5-3-4-13(18)8-14/h3-10,19H,11H2,1-2H3,(H,21,22)/b20-10-. The molecule has 24 heavy (non-hydrogen) atoms. The number of benzene rings is 2. The van der Waals surface area contributed by atoms with Crippen molar-refractivity contribution in [2.75, 3.05) is 26.1 Å². The molecule has 0 aliphatic carbocycles. The lowest BCUT2D eigenvalue weighted by Gasteiger charge is -2.07. The van der Waals surface area contributed by atoms with Gasteiger partial charge in [0.1, 0.15) is 11.5 Å². The molecule has 2 N–H and O–H groups in total. The van der Waals surface area contributed by atoms with Crippen LogP contribution in [0.4, 0.5) is 5.69 Å². The van der Waals surface area contributed by atoms with Crippen molar-refractivity contribution in [2.24, 2.45) is 5.10 Å². The fourth-order valence-electron chi connectivity index (χ4n) is 1.92. The molecule has 0 unspecified atom stereocenters. The monoisotopic (exact) mass is 347 g/mol. The van der Waals surface area contributed by atoms with Crippen LogP contribution in [0.1, 0.15) is 5.56 Å². The van der Waals surface area contributed by atoms with Gasteiger partial charge in [0.15, 0.2) is 0 Å². The van der Waals surface area contributed by atoms with Gasteiger partial charge in [0.2, 0.25) is 0 Å². The van der Waals surface area contributed by atoms with Gasteiger partial charge in [0.05, 0.1) is 27.0 Å². The van der Waals surface area contributed by atoms with Crippen LogP contribution in [0.15, 0.2) is 47.6 Å². The van der Waals surface area contributed by atoms with Crippen LogP contribution in [0.2, 0.25) is 5.02 Å². The fraction of sp³-hybridized carbons (Fsp3) is 0.176. The summed E-state index contributed by atoms with van der Waals surface area (Å²) in [6.45, 7) is 0.0808. The quantitative estimate of drug-likeness (QED) is 0.596. The number of hydrogen-bond acceptors (Lipinski definition) is 5. The average Bonchev–Trinajstić information content (AvgIpc) is 2.60. The second kappa shape index (κ2) is 8.79. The van der Waals surface area contributed by atoms with Crippen molar-refractivity contribution in [3.05, 3.63) is 53.1 Å². The third kappa shape index (κ3) is 5.17. The van der Waals surface area contributed by atoms with Crippen LogP contribution in [0.25, 0.3) is 0 Å². The second-order valence-corrected chi connectivity index (χ2v) is 5.20. The molecule has 1 amide bonds. The number of methoxy groups -OCH3 is 2. The predicted molar refractivity (Wildman–Crippen MR) is 95.2 cm³/mol. The van der Waals surface area contributed by atoms with Crippen molar-refractivity contribution in [2.45, 2.75) is 0 Å². The molecular weight excluding hydrogens is 330 g/mol. The van der Waals surface area contributed by atoms with Crippen LogP contribution in [0.3, 0.4) is 0 Å². The van der Waals surface area contributed by atoms with Gasteiger partial charge in [0, 0.05) is 22.3 Å². The Labute approximate surface area is 145 Å². The topological polar surface area (TPSA) is 72.0 Å². The Morgan fingerprint density at radius 2 is 2.04 bits per heavy atom. The van der Waals surface area contributed by atoms with E-state index in [0.29, 0.717) is 16.5 Å². The minimum absolute atomic E-state index is 0.0808. The molecular formula is C17H18ClN3O3. The minimum atomic E-state index is -0.279. The molecule has 6 nitrogen and oxygen atoms in total. The Balaban J connectivity index is 1.88. The highest BCUT2D eigenvalue weighted by atomic mass is 35.5. The predicted octanol–water partition coefficient (Wildman–Crippen LogP) is 2.92. The highest BCUT2D eigenvalue weighted by Gasteiger charge is 2.03. The Kier molecular flexibility index (Phi) is 6.45. The summed E-state index contributed by atoms with van der Waals surface area (Å²) in [5.41, 5.74) is 3.93. The number of hydrogen-bond donors (Lipinski definition) is 2. The molecule has 0 radical (unpaired) electrons. The Hall–Kier alpha value is -2.73. The van der Waals surface area contributed by atoms with E-state index in [0.717, 1.165) is 11.3 Å². The summed E-state index contributed by atoms with van der Waals surface area (Å²) >= 11 is 5.88.